The van der Waals surface area contributed by atoms with Crippen molar-refractivity contribution in [3.05, 3.63) is 41.5 Å². The number of alkyl carbamates (subject to hydrolysis) is 1. The van der Waals surface area contributed by atoms with Crippen LogP contribution in [0.5, 0.6) is 0 Å². The molecule has 1 aliphatic rings. The van der Waals surface area contributed by atoms with E-state index >= 15 is 0 Å². The van der Waals surface area contributed by atoms with Gasteiger partial charge in [-0.1, -0.05) is 30.3 Å². The van der Waals surface area contributed by atoms with Gasteiger partial charge in [-0.05, 0) is 90.3 Å². The lowest BCUT2D eigenvalue weighted by molar-refractivity contribution is -0.157. The smallest absolute Gasteiger partial charge is 0.408 e. The molecule has 0 saturated heterocycles. The molecular weight excluding hydrogens is 571 g/mol. The monoisotopic (exact) mass is 613 g/mol. The maximum Gasteiger partial charge on any atom is 0.408 e. The van der Waals surface area contributed by atoms with Gasteiger partial charge in [0, 0.05) is 21.2 Å². The molecule has 234 valence electrons. The number of ether oxygens (including phenoxy) is 2. The second-order valence-electron chi connectivity index (χ2n) is 12.6. The summed E-state index contributed by atoms with van der Waals surface area (Å²) >= 11 is 0. The van der Waals surface area contributed by atoms with Crippen LogP contribution < -0.4 is 5.32 Å². The number of esters is 1. The number of carbonyl (C=O) groups excluding carboxylic acids is 2. The third-order valence-corrected chi connectivity index (χ3v) is 8.32. The van der Waals surface area contributed by atoms with E-state index < -0.39 is 69.1 Å². The van der Waals surface area contributed by atoms with E-state index in [0.29, 0.717) is 19.3 Å². The average molecular weight is 614 g/mol. The summed E-state index contributed by atoms with van der Waals surface area (Å²) in [7, 11) is -3.56. The van der Waals surface area contributed by atoms with Gasteiger partial charge in [0.15, 0.2) is 0 Å². The van der Waals surface area contributed by atoms with Crippen molar-refractivity contribution in [1.82, 2.24) is 5.32 Å². The third-order valence-electron chi connectivity index (χ3n) is 6.53. The van der Waals surface area contributed by atoms with Crippen molar-refractivity contribution in [2.75, 3.05) is 11.5 Å². The molecule has 1 amide bonds. The fourth-order valence-corrected chi connectivity index (χ4v) is 5.89. The molecule has 0 radical (unpaired) electrons. The zero-order chi connectivity index (χ0) is 31.9. The number of nitriles is 1. The molecule has 0 saturated carbocycles. The Morgan fingerprint density at radius 1 is 1.05 bits per heavy atom. The third kappa shape index (κ3) is 12.0. The molecule has 12 heteroatoms. The molecule has 0 aliphatic heterocycles. The van der Waals surface area contributed by atoms with Gasteiger partial charge in [-0.2, -0.15) is 18.4 Å². The number of nitrogens with zero attached hydrogens (tertiary/aromatic N) is 1. The van der Waals surface area contributed by atoms with E-state index in [1.54, 1.807) is 53.7 Å². The van der Waals surface area contributed by atoms with Gasteiger partial charge >= 0.3 is 18.2 Å². The highest BCUT2D eigenvalue weighted by Crippen LogP contribution is 2.39. The highest BCUT2D eigenvalue weighted by Gasteiger charge is 2.41. The van der Waals surface area contributed by atoms with Crippen molar-refractivity contribution in [3.8, 4) is 6.07 Å². The van der Waals surface area contributed by atoms with Crippen molar-refractivity contribution in [2.24, 2.45) is 5.92 Å². The Kier molecular flexibility index (Phi) is 11.7. The van der Waals surface area contributed by atoms with Crippen molar-refractivity contribution in [2.45, 2.75) is 103 Å². The number of benzene rings is 1. The summed E-state index contributed by atoms with van der Waals surface area (Å²) in [6.45, 7) is 9.78. The van der Waals surface area contributed by atoms with Gasteiger partial charge in [-0.3, -0.25) is 4.78 Å². The van der Waals surface area contributed by atoms with E-state index in [9.17, 15) is 27.0 Å². The van der Waals surface area contributed by atoms with Gasteiger partial charge < -0.3 is 14.8 Å². The standard InChI is InChI=1S/C30H42F3N3O5S/c1-28(2,3)40-26(37)25(36-27(38)41-29(4,5)6)16-18-42(35,39)17-15-24(30(31,32)33)23-13-11-22(12-14-23)21-9-7-20(19-34)8-10-21/h9,11-14,20,24-25,35H,7-8,10,15-18H2,1-6H3,(H,36,38)/t20?,24?,25-,42?/m0/s1. The number of alkyl halides is 3. The molecule has 2 N–H and O–H groups in total. The quantitative estimate of drug-likeness (QED) is 0.271. The average Bonchev–Trinajstić information content (AvgIpc) is 2.84. The molecule has 1 aliphatic carbocycles. The molecule has 1 aromatic carbocycles. The molecule has 42 heavy (non-hydrogen) atoms. The molecule has 0 heterocycles. The first-order valence-electron chi connectivity index (χ1n) is 13.9. The van der Waals surface area contributed by atoms with E-state index in [2.05, 4.69) is 11.4 Å². The van der Waals surface area contributed by atoms with E-state index in [1.165, 1.54) is 12.1 Å². The molecule has 0 bridgehead atoms. The summed E-state index contributed by atoms with van der Waals surface area (Å²) in [5.74, 6) is -3.77. The van der Waals surface area contributed by atoms with E-state index in [1.807, 2.05) is 6.08 Å². The van der Waals surface area contributed by atoms with Gasteiger partial charge in [0.05, 0.1) is 17.9 Å². The van der Waals surface area contributed by atoms with Gasteiger partial charge in [0.1, 0.15) is 17.2 Å². The summed E-state index contributed by atoms with van der Waals surface area (Å²) in [6.07, 6.45) is -2.45. The van der Waals surface area contributed by atoms with Crippen LogP contribution in [0.25, 0.3) is 5.57 Å². The Labute approximate surface area is 247 Å². The van der Waals surface area contributed by atoms with Crippen LogP contribution in [0.3, 0.4) is 0 Å². The van der Waals surface area contributed by atoms with E-state index in [4.69, 9.17) is 19.5 Å². The summed E-state index contributed by atoms with van der Waals surface area (Å²) in [5, 5.41) is 11.4. The maximum absolute atomic E-state index is 14.1. The Hall–Kier alpha value is -3.07. The molecule has 8 nitrogen and oxygen atoms in total. The molecule has 0 fully saturated rings. The Morgan fingerprint density at radius 3 is 2.10 bits per heavy atom. The number of nitrogens with one attached hydrogen (secondary N) is 2. The fraction of sp³-hybridized carbons (Fsp3) is 0.633. The summed E-state index contributed by atoms with van der Waals surface area (Å²) in [5.41, 5.74) is 0.0434. The number of amides is 1. The van der Waals surface area contributed by atoms with Crippen molar-refractivity contribution in [3.63, 3.8) is 0 Å². The normalized spacial score (nSPS) is 19.0. The van der Waals surface area contributed by atoms with Crippen LogP contribution in [-0.4, -0.2) is 51.2 Å². The molecular formula is C30H42F3N3O5S. The lowest BCUT2D eigenvalue weighted by atomic mass is 9.86. The van der Waals surface area contributed by atoms with Crippen LogP contribution in [0.2, 0.25) is 0 Å². The lowest BCUT2D eigenvalue weighted by Crippen LogP contribution is -2.46. The zero-order valence-corrected chi connectivity index (χ0v) is 25.9. The summed E-state index contributed by atoms with van der Waals surface area (Å²) in [6, 6.07) is 6.99. The molecule has 0 aromatic heterocycles. The number of hydrogen-bond acceptors (Lipinski definition) is 7. The molecule has 4 atom stereocenters. The SMILES string of the molecule is CC(C)(C)OC(=O)N[C@@H](CCS(=N)(=O)CCC(c1ccc(C2=CCC(C#N)CC2)cc1)C(F)(F)F)C(=O)OC(C)(C)C. The predicted octanol–water partition coefficient (Wildman–Crippen LogP) is 7.10. The maximum atomic E-state index is 14.1. The summed E-state index contributed by atoms with van der Waals surface area (Å²) in [4.78, 5) is 25.0. The first-order valence-corrected chi connectivity index (χ1v) is 15.8. The second-order valence-corrected chi connectivity index (χ2v) is 15.0. The van der Waals surface area contributed by atoms with Crippen LogP contribution in [0.4, 0.5) is 18.0 Å². The van der Waals surface area contributed by atoms with Gasteiger partial charge in [-0.15, -0.1) is 0 Å². The first kappa shape index (κ1) is 35.1. The summed E-state index contributed by atoms with van der Waals surface area (Å²) < 4.78 is 74.0. The highest BCUT2D eigenvalue weighted by atomic mass is 32.2. The molecule has 2 rings (SSSR count). The second kappa shape index (κ2) is 13.9. The molecule has 0 spiro atoms. The van der Waals surface area contributed by atoms with E-state index in [0.717, 1.165) is 11.1 Å². The first-order chi connectivity index (χ1) is 19.2. The minimum Gasteiger partial charge on any atom is -0.458 e. The highest BCUT2D eigenvalue weighted by molar-refractivity contribution is 7.92. The van der Waals surface area contributed by atoms with Crippen molar-refractivity contribution in [1.29, 1.82) is 10.0 Å². The Bertz CT molecular complexity index is 1270. The predicted molar refractivity (Wildman–Crippen MR) is 155 cm³/mol. The largest absolute Gasteiger partial charge is 0.458 e. The zero-order valence-electron chi connectivity index (χ0n) is 25.1. The fourth-order valence-electron chi connectivity index (χ4n) is 4.45. The van der Waals surface area contributed by atoms with Gasteiger partial charge in [-0.25, -0.2) is 13.8 Å². The van der Waals surface area contributed by atoms with Crippen LogP contribution >= 0.6 is 0 Å². The topological polar surface area (TPSA) is 129 Å². The van der Waals surface area contributed by atoms with E-state index in [-0.39, 0.29) is 17.9 Å². The van der Waals surface area contributed by atoms with Crippen LogP contribution in [0.15, 0.2) is 30.3 Å². The lowest BCUT2D eigenvalue weighted by Gasteiger charge is -2.26. The number of carbonyl (C=O) groups is 2. The Morgan fingerprint density at radius 2 is 1.62 bits per heavy atom. The van der Waals surface area contributed by atoms with Crippen LogP contribution in [0.1, 0.15) is 90.7 Å². The minimum atomic E-state index is -4.63. The number of halogens is 3. The number of allylic oxidation sites excluding steroid dienone is 2. The molecule has 3 unspecified atom stereocenters. The van der Waals surface area contributed by atoms with Crippen LogP contribution in [-0.2, 0) is 24.0 Å². The number of rotatable bonds is 10. The van der Waals surface area contributed by atoms with Gasteiger partial charge in [0.2, 0.25) is 0 Å². The van der Waals surface area contributed by atoms with Crippen molar-refractivity contribution >= 4 is 27.4 Å². The Balaban J connectivity index is 2.11. The van der Waals surface area contributed by atoms with Crippen LogP contribution in [0, 0.1) is 22.0 Å². The minimum absolute atomic E-state index is 0.00554. The molecule has 1 aromatic rings. The number of hydrogen-bond donors (Lipinski definition) is 2. The van der Waals surface area contributed by atoms with Gasteiger partial charge in [0.25, 0.3) is 0 Å². The van der Waals surface area contributed by atoms with Crippen molar-refractivity contribution < 1.29 is 36.4 Å².